The lowest BCUT2D eigenvalue weighted by Gasteiger charge is -2.18. The zero-order valence-corrected chi connectivity index (χ0v) is 11.4. The number of aryl methyl sites for hydroxylation is 1. The van der Waals surface area contributed by atoms with E-state index in [9.17, 15) is 9.59 Å². The predicted octanol–water partition coefficient (Wildman–Crippen LogP) is 2.09. The summed E-state index contributed by atoms with van der Waals surface area (Å²) in [7, 11) is 0. The molecule has 0 spiro atoms. The average molecular weight is 267 g/mol. The van der Waals surface area contributed by atoms with Crippen LogP contribution < -0.4 is 0 Å². The summed E-state index contributed by atoms with van der Waals surface area (Å²) >= 11 is 1.69. The van der Waals surface area contributed by atoms with Gasteiger partial charge in [0.25, 0.3) is 0 Å². The number of carbonyl (C=O) groups is 2. The largest absolute Gasteiger partial charge is 0.480 e. The third-order valence-electron chi connectivity index (χ3n) is 3.37. The molecule has 2 rings (SSSR count). The molecule has 0 bridgehead atoms. The molecule has 18 heavy (non-hydrogen) atoms. The average Bonchev–Trinajstić information content (AvgIpc) is 3.00. The lowest BCUT2D eigenvalue weighted by Crippen LogP contribution is -2.36. The molecule has 1 aliphatic rings. The van der Waals surface area contributed by atoms with Crippen LogP contribution in [0, 0.1) is 12.8 Å². The van der Waals surface area contributed by atoms with E-state index in [0.717, 1.165) is 6.42 Å². The summed E-state index contributed by atoms with van der Waals surface area (Å²) in [5, 5.41) is 10.8. The van der Waals surface area contributed by atoms with Crippen molar-refractivity contribution in [2.75, 3.05) is 13.1 Å². The molecule has 0 radical (unpaired) electrons. The molecule has 1 N–H and O–H groups in total. The fraction of sp³-hybridized carbons (Fsp3) is 0.538. The maximum Gasteiger partial charge on any atom is 0.323 e. The number of nitrogens with zero attached hydrogens (tertiary/aromatic N) is 1. The van der Waals surface area contributed by atoms with Gasteiger partial charge in [0.05, 0.1) is 0 Å². The van der Waals surface area contributed by atoms with Gasteiger partial charge in [-0.25, -0.2) is 0 Å². The number of thiophene rings is 1. The highest BCUT2D eigenvalue weighted by Gasteiger charge is 2.46. The van der Waals surface area contributed by atoms with Crippen LogP contribution in [0.4, 0.5) is 0 Å². The van der Waals surface area contributed by atoms with Crippen molar-refractivity contribution in [2.24, 2.45) is 5.92 Å². The van der Waals surface area contributed by atoms with Crippen LogP contribution in [0.3, 0.4) is 0 Å². The number of hydrogen-bond donors (Lipinski definition) is 1. The van der Waals surface area contributed by atoms with Gasteiger partial charge >= 0.3 is 5.97 Å². The zero-order chi connectivity index (χ0) is 13.3. The molecule has 4 nitrogen and oxygen atoms in total. The molecule has 0 unspecified atom stereocenters. The topological polar surface area (TPSA) is 57.6 Å². The van der Waals surface area contributed by atoms with Crippen LogP contribution in [0.2, 0.25) is 0 Å². The number of aliphatic carboxylic acids is 1. The van der Waals surface area contributed by atoms with Crippen LogP contribution in [-0.2, 0) is 9.59 Å². The number of likely N-dealkylation sites (N-methyl/N-ethyl adjacent to an activating group) is 1. The quantitative estimate of drug-likeness (QED) is 0.888. The summed E-state index contributed by atoms with van der Waals surface area (Å²) in [6.45, 7) is 4.13. The Bertz CT molecular complexity index is 469. The third kappa shape index (κ3) is 2.56. The van der Waals surface area contributed by atoms with E-state index in [1.165, 1.54) is 15.3 Å². The summed E-state index contributed by atoms with van der Waals surface area (Å²) in [5.41, 5.74) is 1.24. The van der Waals surface area contributed by atoms with Gasteiger partial charge in [0, 0.05) is 23.3 Å². The Labute approximate surface area is 110 Å². The van der Waals surface area contributed by atoms with Crippen LogP contribution in [0.15, 0.2) is 11.4 Å². The van der Waals surface area contributed by atoms with Crippen LogP contribution in [0.1, 0.15) is 29.7 Å². The fourth-order valence-electron chi connectivity index (χ4n) is 2.27. The molecule has 1 aliphatic carbocycles. The van der Waals surface area contributed by atoms with Gasteiger partial charge in [0.1, 0.15) is 6.54 Å². The maximum absolute atomic E-state index is 12.2. The monoisotopic (exact) mass is 267 g/mol. The van der Waals surface area contributed by atoms with Crippen molar-refractivity contribution in [1.82, 2.24) is 4.90 Å². The third-order valence-corrected chi connectivity index (χ3v) is 4.52. The van der Waals surface area contributed by atoms with Gasteiger partial charge < -0.3 is 10.0 Å². The highest BCUT2D eigenvalue weighted by Crippen LogP contribution is 2.51. The van der Waals surface area contributed by atoms with Crippen molar-refractivity contribution >= 4 is 23.2 Å². The van der Waals surface area contributed by atoms with Crippen molar-refractivity contribution < 1.29 is 14.7 Å². The van der Waals surface area contributed by atoms with E-state index in [0.29, 0.717) is 12.5 Å². The van der Waals surface area contributed by atoms with Gasteiger partial charge in [-0.3, -0.25) is 9.59 Å². The minimum atomic E-state index is -0.949. The molecule has 1 saturated carbocycles. The van der Waals surface area contributed by atoms with E-state index < -0.39 is 5.97 Å². The van der Waals surface area contributed by atoms with Gasteiger partial charge in [-0.2, -0.15) is 0 Å². The summed E-state index contributed by atoms with van der Waals surface area (Å²) < 4.78 is 0. The molecule has 0 aromatic carbocycles. The first-order valence-corrected chi connectivity index (χ1v) is 6.97. The molecular weight excluding hydrogens is 250 g/mol. The van der Waals surface area contributed by atoms with Crippen molar-refractivity contribution in [3.63, 3.8) is 0 Å². The number of rotatable bonds is 5. The SMILES string of the molecule is CCN(CC(=O)O)C(=O)[C@@H]1C[C@@H]1c1sccc1C. The minimum Gasteiger partial charge on any atom is -0.480 e. The molecule has 1 amide bonds. The van der Waals surface area contributed by atoms with Crippen LogP contribution in [-0.4, -0.2) is 35.0 Å². The van der Waals surface area contributed by atoms with Gasteiger partial charge in [-0.05, 0) is 37.3 Å². The molecule has 1 aromatic heterocycles. The molecule has 98 valence electrons. The van der Waals surface area contributed by atoms with E-state index >= 15 is 0 Å². The summed E-state index contributed by atoms with van der Waals surface area (Å²) in [4.78, 5) is 25.5. The number of hydrogen-bond acceptors (Lipinski definition) is 3. The predicted molar refractivity (Wildman–Crippen MR) is 69.8 cm³/mol. The van der Waals surface area contributed by atoms with E-state index in [-0.39, 0.29) is 18.4 Å². The lowest BCUT2D eigenvalue weighted by molar-refractivity contribution is -0.144. The van der Waals surface area contributed by atoms with Crippen molar-refractivity contribution in [3.05, 3.63) is 21.9 Å². The lowest BCUT2D eigenvalue weighted by atomic mass is 10.2. The van der Waals surface area contributed by atoms with Gasteiger partial charge in [-0.1, -0.05) is 0 Å². The normalized spacial score (nSPS) is 21.7. The molecule has 1 fully saturated rings. The van der Waals surface area contributed by atoms with Crippen molar-refractivity contribution in [1.29, 1.82) is 0 Å². The summed E-state index contributed by atoms with van der Waals surface area (Å²) in [6, 6.07) is 2.06. The van der Waals surface area contributed by atoms with Crippen molar-refractivity contribution in [2.45, 2.75) is 26.2 Å². The Morgan fingerprint density at radius 3 is 2.78 bits per heavy atom. The first-order chi connectivity index (χ1) is 8.54. The number of carboxylic acid groups (broad SMARTS) is 1. The molecule has 1 aromatic rings. The first-order valence-electron chi connectivity index (χ1n) is 6.09. The Morgan fingerprint density at radius 1 is 1.56 bits per heavy atom. The second-order valence-electron chi connectivity index (χ2n) is 4.66. The number of carboxylic acids is 1. The van der Waals surface area contributed by atoms with E-state index in [4.69, 9.17) is 5.11 Å². The standard InChI is InChI=1S/C13H17NO3S/c1-3-14(7-11(15)16)13(17)10-6-9(10)12-8(2)4-5-18-12/h4-5,9-10H,3,6-7H2,1-2H3,(H,15,16)/t9-,10+/m0/s1. The smallest absolute Gasteiger partial charge is 0.323 e. The Kier molecular flexibility index (Phi) is 3.71. The minimum absolute atomic E-state index is 0.0124. The van der Waals surface area contributed by atoms with Crippen molar-refractivity contribution in [3.8, 4) is 0 Å². The van der Waals surface area contributed by atoms with Gasteiger partial charge in [0.15, 0.2) is 0 Å². The second-order valence-corrected chi connectivity index (χ2v) is 5.61. The molecule has 0 saturated heterocycles. The second kappa shape index (κ2) is 5.10. The Morgan fingerprint density at radius 2 is 2.28 bits per heavy atom. The Balaban J connectivity index is 2.00. The Hall–Kier alpha value is -1.36. The van der Waals surface area contributed by atoms with E-state index in [1.54, 1.807) is 11.3 Å². The van der Waals surface area contributed by atoms with Gasteiger partial charge in [0.2, 0.25) is 5.91 Å². The van der Waals surface area contributed by atoms with Crippen LogP contribution in [0.25, 0.3) is 0 Å². The zero-order valence-electron chi connectivity index (χ0n) is 10.5. The molecule has 2 atom stereocenters. The molecule has 1 heterocycles. The fourth-order valence-corrected chi connectivity index (χ4v) is 3.37. The number of amides is 1. The summed E-state index contributed by atoms with van der Waals surface area (Å²) in [6.07, 6.45) is 0.857. The molecular formula is C13H17NO3S. The van der Waals surface area contributed by atoms with Crippen LogP contribution in [0.5, 0.6) is 0 Å². The summed E-state index contributed by atoms with van der Waals surface area (Å²) in [5.74, 6) is -0.672. The highest BCUT2D eigenvalue weighted by atomic mass is 32.1. The first kappa shape index (κ1) is 13.1. The molecule has 0 aliphatic heterocycles. The number of carbonyl (C=O) groups excluding carboxylic acids is 1. The van der Waals surface area contributed by atoms with Gasteiger partial charge in [-0.15, -0.1) is 11.3 Å². The van der Waals surface area contributed by atoms with E-state index in [1.807, 2.05) is 12.3 Å². The maximum atomic E-state index is 12.2. The van der Waals surface area contributed by atoms with Crippen LogP contribution >= 0.6 is 11.3 Å². The van der Waals surface area contributed by atoms with E-state index in [2.05, 4.69) is 13.0 Å². The molecule has 5 heteroatoms. The highest BCUT2D eigenvalue weighted by molar-refractivity contribution is 7.10.